The SMILES string of the molecule is CCC(=O)c1sc(NC(C)CC)c(S(C)(=O)=O)c1N. The molecule has 0 spiro atoms. The van der Waals surface area contributed by atoms with E-state index in [1.54, 1.807) is 6.92 Å². The molecule has 0 aliphatic rings. The Bertz CT molecular complexity index is 576. The number of nitrogen functional groups attached to an aromatic ring is 1. The second kappa shape index (κ2) is 5.92. The molecule has 1 aromatic heterocycles. The third kappa shape index (κ3) is 3.48. The molecule has 0 aromatic carbocycles. The van der Waals surface area contributed by atoms with Gasteiger partial charge < -0.3 is 11.1 Å². The molecule has 0 bridgehead atoms. The van der Waals surface area contributed by atoms with Crippen molar-refractivity contribution in [1.82, 2.24) is 0 Å². The van der Waals surface area contributed by atoms with Gasteiger partial charge >= 0.3 is 0 Å². The lowest BCUT2D eigenvalue weighted by Gasteiger charge is -2.12. The Labute approximate surface area is 118 Å². The summed E-state index contributed by atoms with van der Waals surface area (Å²) in [4.78, 5) is 12.2. The Morgan fingerprint density at radius 2 is 2.00 bits per heavy atom. The summed E-state index contributed by atoms with van der Waals surface area (Å²) in [6.45, 7) is 5.67. The van der Waals surface area contributed by atoms with Gasteiger partial charge in [-0.15, -0.1) is 11.3 Å². The van der Waals surface area contributed by atoms with Gasteiger partial charge in [0.05, 0.1) is 10.6 Å². The zero-order valence-electron chi connectivity index (χ0n) is 11.6. The number of nitrogens with two attached hydrogens (primary N) is 1. The number of Topliss-reactive ketones (excluding diaryl/α,β-unsaturated/α-hetero) is 1. The first-order chi connectivity index (χ1) is 8.72. The van der Waals surface area contributed by atoms with Gasteiger partial charge in [-0.3, -0.25) is 4.79 Å². The van der Waals surface area contributed by atoms with Crippen LogP contribution in [0.25, 0.3) is 0 Å². The minimum Gasteiger partial charge on any atom is -0.396 e. The molecule has 1 aromatic rings. The molecular weight excluding hydrogens is 284 g/mol. The summed E-state index contributed by atoms with van der Waals surface area (Å²) >= 11 is 1.12. The first-order valence-electron chi connectivity index (χ1n) is 6.14. The van der Waals surface area contributed by atoms with Gasteiger partial charge in [0, 0.05) is 18.7 Å². The van der Waals surface area contributed by atoms with Crippen molar-refractivity contribution < 1.29 is 13.2 Å². The van der Waals surface area contributed by atoms with Gasteiger partial charge in [-0.05, 0) is 13.3 Å². The molecule has 0 aliphatic heterocycles. The largest absolute Gasteiger partial charge is 0.396 e. The van der Waals surface area contributed by atoms with Crippen LogP contribution < -0.4 is 11.1 Å². The van der Waals surface area contributed by atoms with Crippen molar-refractivity contribution in [3.05, 3.63) is 4.88 Å². The Balaban J connectivity index is 3.41. The number of carbonyl (C=O) groups is 1. The van der Waals surface area contributed by atoms with E-state index >= 15 is 0 Å². The molecule has 0 amide bonds. The Hall–Kier alpha value is -1.08. The lowest BCUT2D eigenvalue weighted by Crippen LogP contribution is -2.14. The number of hydrogen-bond donors (Lipinski definition) is 2. The molecule has 108 valence electrons. The molecule has 19 heavy (non-hydrogen) atoms. The molecule has 7 heteroatoms. The summed E-state index contributed by atoms with van der Waals surface area (Å²) < 4.78 is 23.7. The van der Waals surface area contributed by atoms with Gasteiger partial charge in [0.1, 0.15) is 9.90 Å². The van der Waals surface area contributed by atoms with Crippen molar-refractivity contribution in [2.75, 3.05) is 17.3 Å². The van der Waals surface area contributed by atoms with Crippen LogP contribution in [0.15, 0.2) is 4.90 Å². The highest BCUT2D eigenvalue weighted by atomic mass is 32.2. The van der Waals surface area contributed by atoms with E-state index in [2.05, 4.69) is 5.32 Å². The van der Waals surface area contributed by atoms with Crippen LogP contribution >= 0.6 is 11.3 Å². The van der Waals surface area contributed by atoms with Crippen LogP contribution in [0.3, 0.4) is 0 Å². The summed E-state index contributed by atoms with van der Waals surface area (Å²) in [5.74, 6) is -0.135. The average Bonchev–Trinajstić information content (AvgIpc) is 2.64. The lowest BCUT2D eigenvalue weighted by molar-refractivity contribution is 0.0992. The summed E-state index contributed by atoms with van der Waals surface area (Å²) in [5.41, 5.74) is 5.93. The van der Waals surface area contributed by atoms with Gasteiger partial charge in [0.2, 0.25) is 0 Å². The fourth-order valence-corrected chi connectivity index (χ4v) is 4.26. The van der Waals surface area contributed by atoms with Crippen molar-refractivity contribution in [3.8, 4) is 0 Å². The number of anilines is 2. The van der Waals surface area contributed by atoms with E-state index in [1.807, 2.05) is 13.8 Å². The van der Waals surface area contributed by atoms with Gasteiger partial charge in [0.25, 0.3) is 0 Å². The Kier molecular flexibility index (Phi) is 4.98. The highest BCUT2D eigenvalue weighted by molar-refractivity contribution is 7.91. The number of carbonyl (C=O) groups excluding carboxylic acids is 1. The quantitative estimate of drug-likeness (QED) is 0.788. The normalized spacial score (nSPS) is 13.3. The zero-order valence-corrected chi connectivity index (χ0v) is 13.2. The highest BCUT2D eigenvalue weighted by Gasteiger charge is 2.26. The standard InChI is InChI=1S/C12H20N2O3S2/c1-5-7(3)14-12-11(19(4,16)17)9(13)10(18-12)8(15)6-2/h7,14H,5-6,13H2,1-4H3. The Morgan fingerprint density at radius 1 is 1.42 bits per heavy atom. The van der Waals surface area contributed by atoms with Crippen LogP contribution in [-0.2, 0) is 9.84 Å². The molecule has 0 fully saturated rings. The predicted octanol–water partition coefficient (Wildman–Crippen LogP) is 2.54. The number of rotatable bonds is 6. The van der Waals surface area contributed by atoms with Crippen molar-refractivity contribution in [2.24, 2.45) is 0 Å². The number of hydrogen-bond acceptors (Lipinski definition) is 6. The molecule has 1 unspecified atom stereocenters. The van der Waals surface area contributed by atoms with E-state index in [1.165, 1.54) is 0 Å². The summed E-state index contributed by atoms with van der Waals surface area (Å²) in [5, 5.41) is 3.58. The van der Waals surface area contributed by atoms with Crippen molar-refractivity contribution in [3.63, 3.8) is 0 Å². The molecule has 0 saturated heterocycles. The van der Waals surface area contributed by atoms with Crippen LogP contribution in [-0.4, -0.2) is 26.5 Å². The van der Waals surface area contributed by atoms with E-state index in [9.17, 15) is 13.2 Å². The minimum absolute atomic E-state index is 0.0506. The number of nitrogens with one attached hydrogen (secondary N) is 1. The fraction of sp³-hybridized carbons (Fsp3) is 0.583. The predicted molar refractivity (Wildman–Crippen MR) is 79.8 cm³/mol. The summed E-state index contributed by atoms with van der Waals surface area (Å²) in [6.07, 6.45) is 2.25. The van der Waals surface area contributed by atoms with E-state index in [0.717, 1.165) is 24.0 Å². The van der Waals surface area contributed by atoms with Gasteiger partial charge in [0.15, 0.2) is 15.6 Å². The monoisotopic (exact) mass is 304 g/mol. The minimum atomic E-state index is -3.47. The third-order valence-corrected chi connectivity index (χ3v) is 5.31. The van der Waals surface area contributed by atoms with Crippen LogP contribution in [0, 0.1) is 0 Å². The third-order valence-electron chi connectivity index (χ3n) is 2.83. The van der Waals surface area contributed by atoms with E-state index in [-0.39, 0.29) is 22.4 Å². The molecule has 0 aliphatic carbocycles. The van der Waals surface area contributed by atoms with E-state index in [4.69, 9.17) is 5.73 Å². The molecule has 1 rings (SSSR count). The van der Waals surface area contributed by atoms with Gasteiger partial charge in [-0.25, -0.2) is 8.42 Å². The number of thiophene rings is 1. The molecular formula is C12H20N2O3S2. The first kappa shape index (κ1) is 16.0. The first-order valence-corrected chi connectivity index (χ1v) is 8.85. The van der Waals surface area contributed by atoms with E-state index < -0.39 is 9.84 Å². The molecule has 1 atom stereocenters. The topological polar surface area (TPSA) is 89.3 Å². The van der Waals surface area contributed by atoms with Gasteiger partial charge in [-0.1, -0.05) is 13.8 Å². The fourth-order valence-electron chi connectivity index (χ4n) is 1.59. The van der Waals surface area contributed by atoms with Crippen molar-refractivity contribution >= 4 is 37.6 Å². The number of ketones is 1. The number of sulfone groups is 1. The smallest absolute Gasteiger partial charge is 0.180 e. The van der Waals surface area contributed by atoms with Crippen LogP contribution in [0.1, 0.15) is 43.3 Å². The second-order valence-electron chi connectivity index (χ2n) is 4.51. The molecule has 0 saturated carbocycles. The van der Waals surface area contributed by atoms with Crippen LogP contribution in [0.2, 0.25) is 0 Å². The maximum Gasteiger partial charge on any atom is 0.180 e. The van der Waals surface area contributed by atoms with Crippen molar-refractivity contribution in [2.45, 2.75) is 44.6 Å². The van der Waals surface area contributed by atoms with Crippen LogP contribution in [0.5, 0.6) is 0 Å². The molecule has 3 N–H and O–H groups in total. The second-order valence-corrected chi connectivity index (χ2v) is 7.48. The highest BCUT2D eigenvalue weighted by Crippen LogP contribution is 2.40. The Morgan fingerprint density at radius 3 is 2.42 bits per heavy atom. The summed E-state index contributed by atoms with van der Waals surface area (Å²) in [6, 6.07) is 0.114. The molecule has 0 radical (unpaired) electrons. The van der Waals surface area contributed by atoms with Gasteiger partial charge in [-0.2, -0.15) is 0 Å². The average molecular weight is 304 g/mol. The van der Waals surface area contributed by atoms with Crippen molar-refractivity contribution in [1.29, 1.82) is 0 Å². The molecule has 1 heterocycles. The van der Waals surface area contributed by atoms with E-state index in [0.29, 0.717) is 16.3 Å². The zero-order chi connectivity index (χ0) is 14.8. The maximum absolute atomic E-state index is 11.8. The lowest BCUT2D eigenvalue weighted by atomic mass is 10.2. The van der Waals surface area contributed by atoms with Crippen LogP contribution in [0.4, 0.5) is 10.7 Å². The summed E-state index contributed by atoms with van der Waals surface area (Å²) in [7, 11) is -3.47. The molecule has 5 nitrogen and oxygen atoms in total. The maximum atomic E-state index is 11.8.